The van der Waals surface area contributed by atoms with Crippen LogP contribution in [0.1, 0.15) is 24.6 Å². The van der Waals surface area contributed by atoms with Crippen molar-refractivity contribution in [2.24, 2.45) is 7.05 Å². The van der Waals surface area contributed by atoms with Crippen LogP contribution in [0.15, 0.2) is 0 Å². The first kappa shape index (κ1) is 15.6. The molecule has 2 heterocycles. The lowest BCUT2D eigenvalue weighted by Gasteiger charge is -2.28. The SMILES string of the molecule is CN(CC(=O)N1CCOCC1)Cn1nc(C2CC2)n(C)c1=S. The number of ether oxygens (including phenoxy) is 1. The number of aromatic nitrogens is 3. The molecule has 2 fully saturated rings. The Kier molecular flexibility index (Phi) is 4.60. The maximum atomic E-state index is 12.2. The van der Waals surface area contributed by atoms with Gasteiger partial charge in [0.05, 0.1) is 26.4 Å². The first-order chi connectivity index (χ1) is 10.6. The number of carbonyl (C=O) groups is 1. The summed E-state index contributed by atoms with van der Waals surface area (Å²) in [6.45, 7) is 3.53. The van der Waals surface area contributed by atoms with Gasteiger partial charge in [-0.3, -0.25) is 9.69 Å². The fourth-order valence-electron chi connectivity index (χ4n) is 2.72. The van der Waals surface area contributed by atoms with E-state index in [4.69, 9.17) is 17.0 Å². The standard InChI is InChI=1S/C14H23N5O2S/c1-16(9-12(20)18-5-7-21-8-6-18)10-19-14(22)17(2)13(15-19)11-3-4-11/h11H,3-10H2,1-2H3. The van der Waals surface area contributed by atoms with E-state index in [0.29, 0.717) is 50.2 Å². The Morgan fingerprint density at radius 1 is 1.41 bits per heavy atom. The Balaban J connectivity index is 1.59. The lowest BCUT2D eigenvalue weighted by Crippen LogP contribution is -2.45. The van der Waals surface area contributed by atoms with Gasteiger partial charge in [0.2, 0.25) is 5.91 Å². The van der Waals surface area contributed by atoms with E-state index in [-0.39, 0.29) is 5.91 Å². The third-order valence-electron chi connectivity index (χ3n) is 4.16. The van der Waals surface area contributed by atoms with Crippen LogP contribution in [0.25, 0.3) is 0 Å². The van der Waals surface area contributed by atoms with Gasteiger partial charge < -0.3 is 14.2 Å². The molecule has 0 radical (unpaired) electrons. The van der Waals surface area contributed by atoms with Gasteiger partial charge in [-0.1, -0.05) is 0 Å². The fraction of sp³-hybridized carbons (Fsp3) is 0.786. The topological polar surface area (TPSA) is 55.5 Å². The normalized spacial score (nSPS) is 19.0. The molecule has 0 atom stereocenters. The molecule has 0 N–H and O–H groups in total. The quantitative estimate of drug-likeness (QED) is 0.741. The van der Waals surface area contributed by atoms with Crippen LogP contribution in [0, 0.1) is 4.77 Å². The molecular formula is C14H23N5O2S. The second-order valence-electron chi connectivity index (χ2n) is 6.12. The van der Waals surface area contributed by atoms with Crippen LogP contribution in [-0.2, 0) is 23.2 Å². The van der Waals surface area contributed by atoms with Crippen molar-refractivity contribution in [2.45, 2.75) is 25.4 Å². The van der Waals surface area contributed by atoms with Crippen LogP contribution >= 0.6 is 12.2 Å². The molecule has 7 nitrogen and oxygen atoms in total. The zero-order chi connectivity index (χ0) is 15.7. The van der Waals surface area contributed by atoms with Gasteiger partial charge >= 0.3 is 0 Å². The minimum atomic E-state index is 0.135. The van der Waals surface area contributed by atoms with Gasteiger partial charge in [-0.2, -0.15) is 5.10 Å². The minimum Gasteiger partial charge on any atom is -0.378 e. The maximum absolute atomic E-state index is 12.2. The molecule has 22 heavy (non-hydrogen) atoms. The highest BCUT2D eigenvalue weighted by molar-refractivity contribution is 7.71. The Morgan fingerprint density at radius 3 is 2.73 bits per heavy atom. The summed E-state index contributed by atoms with van der Waals surface area (Å²) in [5, 5.41) is 4.62. The van der Waals surface area contributed by atoms with Gasteiger partial charge in [-0.15, -0.1) is 0 Å². The Labute approximate surface area is 135 Å². The zero-order valence-corrected chi connectivity index (χ0v) is 14.0. The molecule has 0 aromatic carbocycles. The van der Waals surface area contributed by atoms with Crippen molar-refractivity contribution in [1.29, 1.82) is 0 Å². The fourth-order valence-corrected chi connectivity index (χ4v) is 2.91. The lowest BCUT2D eigenvalue weighted by atomic mass is 10.4. The Morgan fingerprint density at radius 2 is 2.09 bits per heavy atom. The van der Waals surface area contributed by atoms with Crippen LogP contribution in [0.5, 0.6) is 0 Å². The number of rotatable bonds is 5. The van der Waals surface area contributed by atoms with Crippen molar-refractivity contribution in [1.82, 2.24) is 24.1 Å². The highest BCUT2D eigenvalue weighted by Gasteiger charge is 2.29. The van der Waals surface area contributed by atoms with Crippen molar-refractivity contribution in [2.75, 3.05) is 39.9 Å². The molecule has 1 aliphatic carbocycles. The van der Waals surface area contributed by atoms with E-state index < -0.39 is 0 Å². The van der Waals surface area contributed by atoms with Crippen molar-refractivity contribution in [3.05, 3.63) is 10.6 Å². The monoisotopic (exact) mass is 325 g/mol. The predicted octanol–water partition coefficient (Wildman–Crippen LogP) is 0.577. The molecule has 122 valence electrons. The highest BCUT2D eigenvalue weighted by atomic mass is 32.1. The van der Waals surface area contributed by atoms with Crippen LogP contribution < -0.4 is 0 Å². The van der Waals surface area contributed by atoms with Gasteiger partial charge in [-0.25, -0.2) is 4.68 Å². The number of carbonyl (C=O) groups excluding carboxylic acids is 1. The molecule has 2 aliphatic rings. The summed E-state index contributed by atoms with van der Waals surface area (Å²) in [4.78, 5) is 16.1. The third-order valence-corrected chi connectivity index (χ3v) is 4.65. The molecule has 0 bridgehead atoms. The average Bonchev–Trinajstić information content (AvgIpc) is 3.31. The highest BCUT2D eigenvalue weighted by Crippen LogP contribution is 2.38. The zero-order valence-electron chi connectivity index (χ0n) is 13.2. The molecular weight excluding hydrogens is 302 g/mol. The van der Waals surface area contributed by atoms with Gasteiger partial charge in [0.25, 0.3) is 0 Å². The molecule has 1 amide bonds. The van der Waals surface area contributed by atoms with Crippen molar-refractivity contribution >= 4 is 18.1 Å². The van der Waals surface area contributed by atoms with E-state index in [9.17, 15) is 4.79 Å². The third kappa shape index (κ3) is 3.39. The van der Waals surface area contributed by atoms with Crippen molar-refractivity contribution < 1.29 is 9.53 Å². The van der Waals surface area contributed by atoms with E-state index in [1.807, 2.05) is 33.1 Å². The second kappa shape index (κ2) is 6.47. The molecule has 0 spiro atoms. The van der Waals surface area contributed by atoms with Crippen LogP contribution in [0.2, 0.25) is 0 Å². The summed E-state index contributed by atoms with van der Waals surface area (Å²) in [5.74, 6) is 1.77. The van der Waals surface area contributed by atoms with Crippen LogP contribution in [0.3, 0.4) is 0 Å². The second-order valence-corrected chi connectivity index (χ2v) is 6.49. The first-order valence-corrected chi connectivity index (χ1v) is 8.15. The smallest absolute Gasteiger partial charge is 0.236 e. The Bertz CT molecular complexity index is 601. The molecule has 1 saturated carbocycles. The number of nitrogens with zero attached hydrogens (tertiary/aromatic N) is 5. The summed E-state index contributed by atoms with van der Waals surface area (Å²) in [6.07, 6.45) is 2.40. The van der Waals surface area contributed by atoms with Gasteiger partial charge in [0.1, 0.15) is 5.82 Å². The number of hydrogen-bond acceptors (Lipinski definition) is 5. The molecule has 8 heteroatoms. The van der Waals surface area contributed by atoms with Gasteiger partial charge in [0, 0.05) is 26.1 Å². The summed E-state index contributed by atoms with van der Waals surface area (Å²) in [6, 6.07) is 0. The Hall–Kier alpha value is -1.25. The number of morpholine rings is 1. The molecule has 3 rings (SSSR count). The van der Waals surface area contributed by atoms with E-state index in [2.05, 4.69) is 5.10 Å². The maximum Gasteiger partial charge on any atom is 0.236 e. The minimum absolute atomic E-state index is 0.135. The van der Waals surface area contributed by atoms with Crippen molar-refractivity contribution in [3.63, 3.8) is 0 Å². The predicted molar refractivity (Wildman–Crippen MR) is 84.0 cm³/mol. The van der Waals surface area contributed by atoms with Crippen molar-refractivity contribution in [3.8, 4) is 0 Å². The molecule has 0 unspecified atom stereocenters. The lowest BCUT2D eigenvalue weighted by molar-refractivity contribution is -0.136. The van der Waals surface area contributed by atoms with Gasteiger partial charge in [0.15, 0.2) is 4.77 Å². The van der Waals surface area contributed by atoms with E-state index in [1.165, 1.54) is 12.8 Å². The van der Waals surface area contributed by atoms with E-state index in [1.54, 1.807) is 0 Å². The van der Waals surface area contributed by atoms with E-state index in [0.717, 1.165) is 5.82 Å². The summed E-state index contributed by atoms with van der Waals surface area (Å²) in [7, 11) is 3.89. The average molecular weight is 325 g/mol. The molecule has 1 aliphatic heterocycles. The first-order valence-electron chi connectivity index (χ1n) is 7.74. The largest absolute Gasteiger partial charge is 0.378 e. The molecule has 1 aromatic heterocycles. The summed E-state index contributed by atoms with van der Waals surface area (Å²) < 4.78 is 9.79. The van der Waals surface area contributed by atoms with Crippen LogP contribution in [0.4, 0.5) is 0 Å². The van der Waals surface area contributed by atoms with E-state index >= 15 is 0 Å². The number of likely N-dealkylation sites (N-methyl/N-ethyl adjacent to an activating group) is 1. The summed E-state index contributed by atoms with van der Waals surface area (Å²) in [5.41, 5.74) is 0. The molecule has 1 saturated heterocycles. The van der Waals surface area contributed by atoms with Crippen LogP contribution in [-0.4, -0.2) is 70.0 Å². The molecule has 1 aromatic rings. The van der Waals surface area contributed by atoms with Gasteiger partial charge in [-0.05, 0) is 32.1 Å². The summed E-state index contributed by atoms with van der Waals surface area (Å²) >= 11 is 5.44. The number of amides is 1. The number of hydrogen-bond donors (Lipinski definition) is 0.